The Balaban J connectivity index is 2.03. The van der Waals surface area contributed by atoms with E-state index in [0.29, 0.717) is 12.0 Å². The molecule has 0 spiro atoms. The fourth-order valence-corrected chi connectivity index (χ4v) is 2.73. The molecule has 2 aromatic heterocycles. The van der Waals surface area contributed by atoms with Crippen LogP contribution in [0.4, 0.5) is 4.39 Å². The molecule has 3 aromatic rings. The van der Waals surface area contributed by atoms with Crippen LogP contribution < -0.4 is 0 Å². The number of nitrogens with zero attached hydrogens (tertiary/aromatic N) is 1. The van der Waals surface area contributed by atoms with E-state index in [1.807, 2.05) is 0 Å². The highest BCUT2D eigenvalue weighted by Crippen LogP contribution is 2.24. The first-order chi connectivity index (χ1) is 8.22. The van der Waals surface area contributed by atoms with Crippen molar-refractivity contribution in [1.82, 2.24) is 5.16 Å². The molecule has 0 aliphatic rings. The highest BCUT2D eigenvalue weighted by Gasteiger charge is 2.10. The van der Waals surface area contributed by atoms with Crippen molar-refractivity contribution in [3.63, 3.8) is 0 Å². The second kappa shape index (κ2) is 3.96. The average Bonchev–Trinajstić information content (AvgIpc) is 2.87. The third-order valence-electron chi connectivity index (χ3n) is 2.64. The van der Waals surface area contributed by atoms with Gasteiger partial charge in [-0.15, -0.1) is 11.3 Å². The van der Waals surface area contributed by atoms with Crippen LogP contribution >= 0.6 is 11.3 Å². The van der Waals surface area contributed by atoms with Crippen LogP contribution in [-0.4, -0.2) is 5.16 Å². The second-order valence-corrected chi connectivity index (χ2v) is 5.33. The number of thiophene rings is 1. The third-order valence-corrected chi connectivity index (χ3v) is 3.65. The molecule has 2 heterocycles. The van der Waals surface area contributed by atoms with Gasteiger partial charge < -0.3 is 4.52 Å². The van der Waals surface area contributed by atoms with Gasteiger partial charge in [-0.05, 0) is 37.3 Å². The molecule has 0 aliphatic carbocycles. The van der Waals surface area contributed by atoms with Crippen molar-refractivity contribution in [3.8, 4) is 0 Å². The summed E-state index contributed by atoms with van der Waals surface area (Å²) in [6, 6.07) is 8.61. The fraction of sp³-hybridized carbons (Fsp3) is 0.154. The molecule has 0 atom stereocenters. The number of aryl methyl sites for hydroxylation is 1. The van der Waals surface area contributed by atoms with Gasteiger partial charge in [0.05, 0.1) is 5.69 Å². The zero-order valence-corrected chi connectivity index (χ0v) is 10.1. The van der Waals surface area contributed by atoms with E-state index >= 15 is 0 Å². The molecule has 17 heavy (non-hydrogen) atoms. The Kier molecular flexibility index (Phi) is 2.44. The van der Waals surface area contributed by atoms with Crippen LogP contribution in [0.25, 0.3) is 11.0 Å². The summed E-state index contributed by atoms with van der Waals surface area (Å²) in [6.45, 7) is 2.06. The van der Waals surface area contributed by atoms with Crippen LogP contribution in [0.1, 0.15) is 15.4 Å². The first-order valence-corrected chi connectivity index (χ1v) is 6.13. The predicted octanol–water partition coefficient (Wildman–Crippen LogP) is 3.93. The lowest BCUT2D eigenvalue weighted by Gasteiger charge is -1.93. The Morgan fingerprint density at radius 3 is 2.94 bits per heavy atom. The van der Waals surface area contributed by atoms with Crippen LogP contribution in [0.15, 0.2) is 34.9 Å². The number of fused-ring (bicyclic) bond motifs is 1. The molecule has 0 amide bonds. The minimum absolute atomic E-state index is 0.260. The summed E-state index contributed by atoms with van der Waals surface area (Å²) in [5.41, 5.74) is 1.43. The van der Waals surface area contributed by atoms with E-state index in [-0.39, 0.29) is 5.82 Å². The number of benzene rings is 1. The fourth-order valence-electron chi connectivity index (χ4n) is 1.83. The van der Waals surface area contributed by atoms with E-state index in [1.54, 1.807) is 17.4 Å². The van der Waals surface area contributed by atoms with E-state index in [2.05, 4.69) is 24.2 Å². The number of hydrogen-bond acceptors (Lipinski definition) is 3. The van der Waals surface area contributed by atoms with Gasteiger partial charge in [-0.1, -0.05) is 5.16 Å². The van der Waals surface area contributed by atoms with Crippen molar-refractivity contribution in [1.29, 1.82) is 0 Å². The molecule has 86 valence electrons. The van der Waals surface area contributed by atoms with Crippen molar-refractivity contribution in [2.75, 3.05) is 0 Å². The number of halogens is 1. The summed E-state index contributed by atoms with van der Waals surface area (Å²) in [7, 11) is 0. The molecule has 0 radical (unpaired) electrons. The van der Waals surface area contributed by atoms with E-state index < -0.39 is 0 Å². The summed E-state index contributed by atoms with van der Waals surface area (Å²) >= 11 is 1.72. The van der Waals surface area contributed by atoms with Gasteiger partial charge in [0.2, 0.25) is 0 Å². The van der Waals surface area contributed by atoms with Gasteiger partial charge in [0.25, 0.3) is 0 Å². The molecule has 1 aromatic carbocycles. The quantitative estimate of drug-likeness (QED) is 0.685. The SMILES string of the molecule is Cc1ccc(Cc2noc3ccc(F)cc23)s1. The maximum absolute atomic E-state index is 13.2. The lowest BCUT2D eigenvalue weighted by molar-refractivity contribution is 0.448. The molecule has 3 rings (SSSR count). The van der Waals surface area contributed by atoms with E-state index in [9.17, 15) is 4.39 Å². The highest BCUT2D eigenvalue weighted by molar-refractivity contribution is 7.11. The van der Waals surface area contributed by atoms with Crippen LogP contribution in [0.2, 0.25) is 0 Å². The summed E-state index contributed by atoms with van der Waals surface area (Å²) in [5, 5.41) is 4.77. The monoisotopic (exact) mass is 247 g/mol. The lowest BCUT2D eigenvalue weighted by Crippen LogP contribution is -1.85. The Hall–Kier alpha value is -1.68. The smallest absolute Gasteiger partial charge is 0.167 e. The minimum Gasteiger partial charge on any atom is -0.356 e. The third kappa shape index (κ3) is 1.96. The Morgan fingerprint density at radius 2 is 2.18 bits per heavy atom. The van der Waals surface area contributed by atoms with Crippen LogP contribution in [0, 0.1) is 12.7 Å². The Labute approximate surface area is 102 Å². The largest absolute Gasteiger partial charge is 0.356 e. The number of hydrogen-bond donors (Lipinski definition) is 0. The number of rotatable bonds is 2. The van der Waals surface area contributed by atoms with Gasteiger partial charge in [0.15, 0.2) is 5.58 Å². The molecule has 0 fully saturated rings. The van der Waals surface area contributed by atoms with Crippen LogP contribution in [0.3, 0.4) is 0 Å². The zero-order valence-electron chi connectivity index (χ0n) is 9.24. The molecule has 0 saturated carbocycles. The average molecular weight is 247 g/mol. The highest BCUT2D eigenvalue weighted by atomic mass is 32.1. The van der Waals surface area contributed by atoms with Crippen LogP contribution in [-0.2, 0) is 6.42 Å². The van der Waals surface area contributed by atoms with Crippen molar-refractivity contribution >= 4 is 22.3 Å². The molecular formula is C13H10FNOS. The van der Waals surface area contributed by atoms with Gasteiger partial charge in [0.1, 0.15) is 5.82 Å². The summed E-state index contributed by atoms with van der Waals surface area (Å²) in [6.07, 6.45) is 0.689. The first-order valence-electron chi connectivity index (χ1n) is 5.31. The molecule has 0 N–H and O–H groups in total. The van der Waals surface area contributed by atoms with E-state index in [1.165, 1.54) is 21.9 Å². The maximum Gasteiger partial charge on any atom is 0.167 e. The van der Waals surface area contributed by atoms with Gasteiger partial charge in [-0.3, -0.25) is 0 Å². The standard InChI is InChI=1S/C13H10FNOS/c1-8-2-4-10(17-8)7-12-11-6-9(14)3-5-13(11)16-15-12/h2-6H,7H2,1H3. The Morgan fingerprint density at radius 1 is 1.29 bits per heavy atom. The molecule has 0 unspecified atom stereocenters. The van der Waals surface area contributed by atoms with E-state index in [4.69, 9.17) is 4.52 Å². The van der Waals surface area contributed by atoms with Crippen molar-refractivity contribution in [2.45, 2.75) is 13.3 Å². The lowest BCUT2D eigenvalue weighted by atomic mass is 10.1. The zero-order chi connectivity index (χ0) is 11.8. The number of aromatic nitrogens is 1. The molecule has 2 nitrogen and oxygen atoms in total. The topological polar surface area (TPSA) is 26.0 Å². The van der Waals surface area contributed by atoms with Crippen LogP contribution in [0.5, 0.6) is 0 Å². The predicted molar refractivity (Wildman–Crippen MR) is 65.8 cm³/mol. The second-order valence-electron chi connectivity index (χ2n) is 3.96. The molecule has 0 saturated heterocycles. The van der Waals surface area contributed by atoms with Gasteiger partial charge >= 0.3 is 0 Å². The summed E-state index contributed by atoms with van der Waals surface area (Å²) in [4.78, 5) is 2.47. The van der Waals surface area contributed by atoms with Crippen molar-refractivity contribution < 1.29 is 8.91 Å². The molecular weight excluding hydrogens is 237 g/mol. The molecule has 0 aliphatic heterocycles. The van der Waals surface area contributed by atoms with Gasteiger partial charge in [-0.25, -0.2) is 4.39 Å². The maximum atomic E-state index is 13.2. The van der Waals surface area contributed by atoms with Crippen molar-refractivity contribution in [2.24, 2.45) is 0 Å². The summed E-state index contributed by atoms with van der Waals surface area (Å²) in [5.74, 6) is -0.260. The van der Waals surface area contributed by atoms with Gasteiger partial charge in [0, 0.05) is 21.6 Å². The Bertz CT molecular complexity index is 671. The first kappa shape index (κ1) is 10.5. The molecule has 0 bridgehead atoms. The van der Waals surface area contributed by atoms with Gasteiger partial charge in [-0.2, -0.15) is 0 Å². The minimum atomic E-state index is -0.260. The molecule has 4 heteroatoms. The normalized spacial score (nSPS) is 11.2. The van der Waals surface area contributed by atoms with E-state index in [0.717, 1.165) is 11.1 Å². The van der Waals surface area contributed by atoms with Crippen molar-refractivity contribution in [3.05, 3.63) is 51.6 Å². The summed E-state index contributed by atoms with van der Waals surface area (Å²) < 4.78 is 18.3.